The van der Waals surface area contributed by atoms with Gasteiger partial charge in [-0.25, -0.2) is 0 Å². The van der Waals surface area contributed by atoms with Gasteiger partial charge >= 0.3 is 0 Å². The van der Waals surface area contributed by atoms with Gasteiger partial charge in [0.25, 0.3) is 0 Å². The van der Waals surface area contributed by atoms with Crippen LogP contribution in [0.25, 0.3) is 0 Å². The second-order valence-electron chi connectivity index (χ2n) is 3.83. The molecule has 1 aromatic carbocycles. The second-order valence-corrected chi connectivity index (χ2v) is 3.83. The third kappa shape index (κ3) is 3.98. The minimum atomic E-state index is -0.102. The quantitative estimate of drug-likeness (QED) is 0.582. The first-order chi connectivity index (χ1) is 8.69. The normalized spacial score (nSPS) is 9.56. The molecule has 0 saturated heterocycles. The molecule has 0 aromatic heterocycles. The van der Waals surface area contributed by atoms with Gasteiger partial charge in [-0.3, -0.25) is 4.79 Å². The summed E-state index contributed by atoms with van der Waals surface area (Å²) in [7, 11) is 0. The molecule has 0 aliphatic carbocycles. The molecule has 5 nitrogen and oxygen atoms in total. The van der Waals surface area contributed by atoms with E-state index in [0.717, 1.165) is 5.69 Å². The molecule has 0 fully saturated rings. The SMILES string of the molecule is CCN(CC(=O)NCCC#N)c1ccccc1N. The first-order valence-corrected chi connectivity index (χ1v) is 5.92. The van der Waals surface area contributed by atoms with Crippen LogP contribution in [0.5, 0.6) is 0 Å². The summed E-state index contributed by atoms with van der Waals surface area (Å²) >= 11 is 0. The van der Waals surface area contributed by atoms with Gasteiger partial charge in [0, 0.05) is 13.1 Å². The van der Waals surface area contributed by atoms with Crippen LogP contribution in [0.2, 0.25) is 0 Å². The highest BCUT2D eigenvalue weighted by molar-refractivity contribution is 5.83. The number of anilines is 2. The molecule has 3 N–H and O–H groups in total. The molecule has 0 spiro atoms. The Bertz CT molecular complexity index is 439. The monoisotopic (exact) mass is 246 g/mol. The number of nitrogens with zero attached hydrogens (tertiary/aromatic N) is 2. The first kappa shape index (κ1) is 13.8. The molecule has 96 valence electrons. The van der Waals surface area contributed by atoms with Crippen LogP contribution in [0.15, 0.2) is 24.3 Å². The average Bonchev–Trinajstić information content (AvgIpc) is 2.37. The number of rotatable bonds is 6. The van der Waals surface area contributed by atoms with E-state index < -0.39 is 0 Å². The molecular formula is C13H18N4O. The van der Waals surface area contributed by atoms with Gasteiger partial charge in [0.1, 0.15) is 0 Å². The number of carbonyl (C=O) groups is 1. The fourth-order valence-electron chi connectivity index (χ4n) is 1.63. The number of hydrogen-bond donors (Lipinski definition) is 2. The van der Waals surface area contributed by atoms with E-state index in [4.69, 9.17) is 11.0 Å². The highest BCUT2D eigenvalue weighted by Crippen LogP contribution is 2.21. The molecule has 0 saturated carbocycles. The van der Waals surface area contributed by atoms with E-state index in [1.54, 1.807) is 0 Å². The minimum Gasteiger partial charge on any atom is -0.397 e. The molecule has 18 heavy (non-hydrogen) atoms. The number of nitrogens with one attached hydrogen (secondary N) is 1. The summed E-state index contributed by atoms with van der Waals surface area (Å²) in [5.41, 5.74) is 7.39. The Kier molecular flexibility index (Phi) is 5.52. The largest absolute Gasteiger partial charge is 0.397 e. The van der Waals surface area contributed by atoms with Gasteiger partial charge in [-0.05, 0) is 19.1 Å². The van der Waals surface area contributed by atoms with E-state index in [2.05, 4.69) is 5.32 Å². The molecule has 1 rings (SSSR count). The molecule has 5 heteroatoms. The minimum absolute atomic E-state index is 0.102. The van der Waals surface area contributed by atoms with Crippen LogP contribution >= 0.6 is 0 Å². The van der Waals surface area contributed by atoms with Crippen molar-refractivity contribution >= 4 is 17.3 Å². The van der Waals surface area contributed by atoms with Gasteiger partial charge in [-0.1, -0.05) is 12.1 Å². The molecule has 1 amide bonds. The first-order valence-electron chi connectivity index (χ1n) is 5.92. The number of nitrogens with two attached hydrogens (primary N) is 1. The van der Waals surface area contributed by atoms with E-state index in [1.165, 1.54) is 0 Å². The standard InChI is InChI=1S/C13H18N4O/c1-2-17(10-13(18)16-9-5-8-14)12-7-4-3-6-11(12)15/h3-4,6-7H,2,5,9-10,15H2,1H3,(H,16,18). The van der Waals surface area contributed by atoms with Crippen LogP contribution in [0.3, 0.4) is 0 Å². The third-order valence-electron chi connectivity index (χ3n) is 2.55. The topological polar surface area (TPSA) is 82.2 Å². The fourth-order valence-corrected chi connectivity index (χ4v) is 1.63. The summed E-state index contributed by atoms with van der Waals surface area (Å²) in [6.07, 6.45) is 0.325. The zero-order valence-corrected chi connectivity index (χ0v) is 10.5. The van der Waals surface area contributed by atoms with Crippen molar-refractivity contribution in [3.8, 4) is 6.07 Å². The summed E-state index contributed by atoms with van der Waals surface area (Å²) in [5, 5.41) is 11.1. The molecule has 0 heterocycles. The van der Waals surface area contributed by atoms with Gasteiger partial charge in [-0.15, -0.1) is 0 Å². The second kappa shape index (κ2) is 7.17. The molecule has 0 unspecified atom stereocenters. The molecule has 0 radical (unpaired) electrons. The Morgan fingerprint density at radius 3 is 2.83 bits per heavy atom. The molecule has 0 aliphatic rings. The van der Waals surface area contributed by atoms with Gasteiger partial charge in [-0.2, -0.15) is 5.26 Å². The molecule has 1 aromatic rings. The lowest BCUT2D eigenvalue weighted by atomic mass is 10.2. The Hall–Kier alpha value is -2.22. The van der Waals surface area contributed by atoms with E-state index in [9.17, 15) is 4.79 Å². The number of carbonyl (C=O) groups excluding carboxylic acids is 1. The van der Waals surface area contributed by atoms with E-state index >= 15 is 0 Å². The lowest BCUT2D eigenvalue weighted by molar-refractivity contribution is -0.119. The van der Waals surface area contributed by atoms with Gasteiger partial charge in [0.2, 0.25) is 5.91 Å². The predicted octanol–water partition coefficient (Wildman–Crippen LogP) is 1.12. The van der Waals surface area contributed by atoms with Crippen LogP contribution in [0.4, 0.5) is 11.4 Å². The maximum Gasteiger partial charge on any atom is 0.239 e. The summed E-state index contributed by atoms with van der Waals surface area (Å²) < 4.78 is 0. The zero-order valence-electron chi connectivity index (χ0n) is 10.5. The van der Waals surface area contributed by atoms with Crippen molar-refractivity contribution in [2.75, 3.05) is 30.3 Å². The molecular weight excluding hydrogens is 228 g/mol. The van der Waals surface area contributed by atoms with Crippen LogP contribution in [0.1, 0.15) is 13.3 Å². The summed E-state index contributed by atoms with van der Waals surface area (Å²) in [4.78, 5) is 13.6. The number of para-hydroxylation sites is 2. The number of benzene rings is 1. The average molecular weight is 246 g/mol. The lowest BCUT2D eigenvalue weighted by Crippen LogP contribution is -2.37. The van der Waals surface area contributed by atoms with Gasteiger partial charge in [0.05, 0.1) is 30.4 Å². The van der Waals surface area contributed by atoms with E-state index in [1.807, 2.05) is 42.2 Å². The molecule has 0 atom stereocenters. The van der Waals surface area contributed by atoms with Crippen molar-refractivity contribution in [1.82, 2.24) is 5.32 Å². The number of amides is 1. The Morgan fingerprint density at radius 1 is 1.50 bits per heavy atom. The highest BCUT2D eigenvalue weighted by Gasteiger charge is 2.11. The summed E-state index contributed by atoms with van der Waals surface area (Å²) in [5.74, 6) is -0.102. The number of likely N-dealkylation sites (N-methyl/N-ethyl adjacent to an activating group) is 1. The maximum absolute atomic E-state index is 11.7. The van der Waals surface area contributed by atoms with Gasteiger partial charge in [0.15, 0.2) is 0 Å². The van der Waals surface area contributed by atoms with Crippen molar-refractivity contribution in [3.63, 3.8) is 0 Å². The van der Waals surface area contributed by atoms with Crippen LogP contribution in [-0.2, 0) is 4.79 Å². The van der Waals surface area contributed by atoms with Crippen LogP contribution in [0, 0.1) is 11.3 Å². The molecule has 0 aliphatic heterocycles. The van der Waals surface area contributed by atoms with Crippen molar-refractivity contribution in [2.24, 2.45) is 0 Å². The van der Waals surface area contributed by atoms with Crippen molar-refractivity contribution in [1.29, 1.82) is 5.26 Å². The van der Waals surface area contributed by atoms with E-state index in [-0.39, 0.29) is 12.5 Å². The summed E-state index contributed by atoms with van der Waals surface area (Å²) in [6.45, 7) is 3.29. The van der Waals surface area contributed by atoms with Gasteiger partial charge < -0.3 is 16.0 Å². The third-order valence-corrected chi connectivity index (χ3v) is 2.55. The van der Waals surface area contributed by atoms with E-state index in [0.29, 0.717) is 25.2 Å². The lowest BCUT2D eigenvalue weighted by Gasteiger charge is -2.23. The maximum atomic E-state index is 11.7. The Labute approximate surface area is 107 Å². The van der Waals surface area contributed by atoms with Crippen molar-refractivity contribution in [3.05, 3.63) is 24.3 Å². The Balaban J connectivity index is 2.60. The predicted molar refractivity (Wildman–Crippen MR) is 72.0 cm³/mol. The summed E-state index contributed by atoms with van der Waals surface area (Å²) in [6, 6.07) is 9.44. The smallest absolute Gasteiger partial charge is 0.239 e. The van der Waals surface area contributed by atoms with Crippen LogP contribution in [-0.4, -0.2) is 25.5 Å². The zero-order chi connectivity index (χ0) is 13.4. The Morgan fingerprint density at radius 2 is 2.22 bits per heavy atom. The highest BCUT2D eigenvalue weighted by atomic mass is 16.2. The number of nitriles is 1. The number of nitrogen functional groups attached to an aromatic ring is 1. The van der Waals surface area contributed by atoms with Crippen molar-refractivity contribution < 1.29 is 4.79 Å². The fraction of sp³-hybridized carbons (Fsp3) is 0.385. The molecule has 0 bridgehead atoms. The van der Waals surface area contributed by atoms with Crippen molar-refractivity contribution in [2.45, 2.75) is 13.3 Å². The number of hydrogen-bond acceptors (Lipinski definition) is 4. The van der Waals surface area contributed by atoms with Crippen LogP contribution < -0.4 is 16.0 Å².